The van der Waals surface area contributed by atoms with Crippen molar-refractivity contribution in [2.45, 2.75) is 39.5 Å². The molecule has 20 heavy (non-hydrogen) atoms. The molecule has 1 aromatic rings. The summed E-state index contributed by atoms with van der Waals surface area (Å²) in [4.78, 5) is 11.3. The standard InChI is InChI=1S/C15H23NO4/c1-3-5-7-19-13-10-12(16)14(20-8-6-4-2)9-11(13)15(17)18/h9-10H,3-8,16H2,1-2H3,(H,17,18). The molecule has 1 rings (SSSR count). The molecule has 0 amide bonds. The van der Waals surface area contributed by atoms with Crippen LogP contribution >= 0.6 is 0 Å². The van der Waals surface area contributed by atoms with Crippen molar-refractivity contribution in [1.82, 2.24) is 0 Å². The summed E-state index contributed by atoms with van der Waals surface area (Å²) in [5.74, 6) is -0.346. The molecule has 0 bridgehead atoms. The van der Waals surface area contributed by atoms with Crippen LogP contribution in [0.15, 0.2) is 12.1 Å². The first-order valence-electron chi connectivity index (χ1n) is 7.02. The third-order valence-corrected chi connectivity index (χ3v) is 2.85. The predicted octanol–water partition coefficient (Wildman–Crippen LogP) is 3.32. The summed E-state index contributed by atoms with van der Waals surface area (Å²) in [6, 6.07) is 2.97. The van der Waals surface area contributed by atoms with E-state index in [1.807, 2.05) is 6.92 Å². The maximum atomic E-state index is 11.3. The van der Waals surface area contributed by atoms with Crippen molar-refractivity contribution in [3.8, 4) is 11.5 Å². The van der Waals surface area contributed by atoms with Crippen LogP contribution in [-0.4, -0.2) is 24.3 Å². The normalized spacial score (nSPS) is 10.3. The number of nitrogens with two attached hydrogens (primary N) is 1. The van der Waals surface area contributed by atoms with E-state index in [1.165, 1.54) is 12.1 Å². The van der Waals surface area contributed by atoms with Crippen LogP contribution in [-0.2, 0) is 0 Å². The monoisotopic (exact) mass is 281 g/mol. The molecule has 0 fully saturated rings. The Kier molecular flexibility index (Phi) is 6.70. The van der Waals surface area contributed by atoms with Gasteiger partial charge in [0.2, 0.25) is 0 Å². The molecular formula is C15H23NO4. The van der Waals surface area contributed by atoms with Crippen LogP contribution in [0.1, 0.15) is 49.9 Å². The number of unbranched alkanes of at least 4 members (excludes halogenated alkanes) is 2. The SMILES string of the molecule is CCCCOc1cc(C(=O)O)c(OCCCC)cc1N. The number of carboxylic acid groups (broad SMARTS) is 1. The van der Waals surface area contributed by atoms with Crippen molar-refractivity contribution in [3.63, 3.8) is 0 Å². The molecule has 0 aliphatic carbocycles. The third-order valence-electron chi connectivity index (χ3n) is 2.85. The average Bonchev–Trinajstić information content (AvgIpc) is 2.41. The van der Waals surface area contributed by atoms with E-state index < -0.39 is 5.97 Å². The topological polar surface area (TPSA) is 81.8 Å². The largest absolute Gasteiger partial charge is 0.493 e. The highest BCUT2D eigenvalue weighted by atomic mass is 16.5. The Balaban J connectivity index is 2.89. The van der Waals surface area contributed by atoms with Gasteiger partial charge in [0.05, 0.1) is 18.9 Å². The van der Waals surface area contributed by atoms with Crippen molar-refractivity contribution < 1.29 is 19.4 Å². The lowest BCUT2D eigenvalue weighted by molar-refractivity contribution is 0.0691. The molecule has 5 nitrogen and oxygen atoms in total. The second-order valence-corrected chi connectivity index (χ2v) is 4.60. The maximum Gasteiger partial charge on any atom is 0.339 e. The zero-order chi connectivity index (χ0) is 15.0. The van der Waals surface area contributed by atoms with Crippen molar-refractivity contribution in [2.75, 3.05) is 18.9 Å². The smallest absolute Gasteiger partial charge is 0.339 e. The molecule has 1 aromatic carbocycles. The molecule has 0 unspecified atom stereocenters. The summed E-state index contributed by atoms with van der Waals surface area (Å²) in [5, 5.41) is 9.23. The van der Waals surface area contributed by atoms with Gasteiger partial charge >= 0.3 is 5.97 Å². The number of nitrogen functional groups attached to an aromatic ring is 1. The van der Waals surface area contributed by atoms with E-state index in [2.05, 4.69) is 6.92 Å². The number of benzene rings is 1. The molecule has 0 aromatic heterocycles. The minimum atomic E-state index is -1.04. The van der Waals surface area contributed by atoms with Crippen molar-refractivity contribution in [3.05, 3.63) is 17.7 Å². The Bertz CT molecular complexity index is 446. The molecule has 5 heteroatoms. The van der Waals surface area contributed by atoms with E-state index in [9.17, 15) is 9.90 Å². The molecule has 0 spiro atoms. The Labute approximate surface area is 119 Å². The predicted molar refractivity (Wildman–Crippen MR) is 78.6 cm³/mol. The Morgan fingerprint density at radius 2 is 1.65 bits per heavy atom. The number of ether oxygens (including phenoxy) is 2. The van der Waals surface area contributed by atoms with Gasteiger partial charge in [-0.05, 0) is 12.8 Å². The van der Waals surface area contributed by atoms with Crippen molar-refractivity contribution >= 4 is 11.7 Å². The van der Waals surface area contributed by atoms with E-state index in [4.69, 9.17) is 15.2 Å². The summed E-state index contributed by atoms with van der Waals surface area (Å²) in [6.07, 6.45) is 3.75. The molecule has 0 radical (unpaired) electrons. The van der Waals surface area contributed by atoms with Crippen LogP contribution in [0.2, 0.25) is 0 Å². The van der Waals surface area contributed by atoms with Gasteiger partial charge in [-0.1, -0.05) is 26.7 Å². The molecule has 0 aliphatic heterocycles. The van der Waals surface area contributed by atoms with Crippen molar-refractivity contribution in [1.29, 1.82) is 0 Å². The Morgan fingerprint density at radius 3 is 2.15 bits per heavy atom. The van der Waals surface area contributed by atoms with Gasteiger partial charge in [-0.25, -0.2) is 4.79 Å². The first kappa shape index (κ1) is 16.1. The highest BCUT2D eigenvalue weighted by Crippen LogP contribution is 2.31. The fourth-order valence-electron chi connectivity index (χ4n) is 1.64. The number of anilines is 1. The summed E-state index contributed by atoms with van der Waals surface area (Å²) >= 11 is 0. The molecule has 0 heterocycles. The molecule has 0 atom stereocenters. The summed E-state index contributed by atoms with van der Waals surface area (Å²) in [7, 11) is 0. The highest BCUT2D eigenvalue weighted by molar-refractivity contribution is 5.92. The zero-order valence-electron chi connectivity index (χ0n) is 12.1. The summed E-state index contributed by atoms with van der Waals surface area (Å²) < 4.78 is 11.0. The maximum absolute atomic E-state index is 11.3. The molecule has 3 N–H and O–H groups in total. The van der Waals surface area contributed by atoms with Crippen LogP contribution in [0.3, 0.4) is 0 Å². The molecular weight excluding hydrogens is 258 g/mol. The van der Waals surface area contributed by atoms with Crippen LogP contribution in [0.25, 0.3) is 0 Å². The average molecular weight is 281 g/mol. The molecule has 0 aliphatic rings. The molecule has 0 saturated heterocycles. The fraction of sp³-hybridized carbons (Fsp3) is 0.533. The van der Waals surface area contributed by atoms with Gasteiger partial charge in [0.25, 0.3) is 0 Å². The van der Waals surface area contributed by atoms with Crippen LogP contribution in [0.4, 0.5) is 5.69 Å². The van der Waals surface area contributed by atoms with Gasteiger partial charge in [-0.2, -0.15) is 0 Å². The number of hydrogen-bond acceptors (Lipinski definition) is 4. The zero-order valence-corrected chi connectivity index (χ0v) is 12.1. The van der Waals surface area contributed by atoms with Gasteiger partial charge in [0, 0.05) is 12.1 Å². The lowest BCUT2D eigenvalue weighted by Gasteiger charge is -2.14. The third kappa shape index (κ3) is 4.64. The van der Waals surface area contributed by atoms with Crippen LogP contribution in [0.5, 0.6) is 11.5 Å². The summed E-state index contributed by atoms with van der Waals surface area (Å²) in [5.41, 5.74) is 6.36. The quantitative estimate of drug-likeness (QED) is 0.536. The van der Waals surface area contributed by atoms with Crippen molar-refractivity contribution in [2.24, 2.45) is 0 Å². The van der Waals surface area contributed by atoms with E-state index in [0.29, 0.717) is 30.4 Å². The van der Waals surface area contributed by atoms with E-state index >= 15 is 0 Å². The van der Waals surface area contributed by atoms with Gasteiger partial charge in [-0.3, -0.25) is 0 Å². The number of rotatable bonds is 9. The number of hydrogen-bond donors (Lipinski definition) is 2. The minimum Gasteiger partial charge on any atom is -0.493 e. The Hall–Kier alpha value is -1.91. The van der Waals surface area contributed by atoms with Gasteiger partial charge in [-0.15, -0.1) is 0 Å². The van der Waals surface area contributed by atoms with Crippen LogP contribution < -0.4 is 15.2 Å². The number of aromatic carboxylic acids is 1. The lowest BCUT2D eigenvalue weighted by Crippen LogP contribution is -2.07. The second kappa shape index (κ2) is 8.30. The van der Waals surface area contributed by atoms with Crippen LogP contribution in [0, 0.1) is 0 Å². The molecule has 0 saturated carbocycles. The second-order valence-electron chi connectivity index (χ2n) is 4.60. The first-order valence-corrected chi connectivity index (χ1v) is 7.02. The van der Waals surface area contributed by atoms with E-state index in [-0.39, 0.29) is 5.56 Å². The van der Waals surface area contributed by atoms with Gasteiger partial charge in [0.1, 0.15) is 17.1 Å². The Morgan fingerprint density at radius 1 is 1.10 bits per heavy atom. The van der Waals surface area contributed by atoms with Gasteiger partial charge in [0.15, 0.2) is 0 Å². The lowest BCUT2D eigenvalue weighted by atomic mass is 10.1. The molecule has 112 valence electrons. The number of carboxylic acids is 1. The van der Waals surface area contributed by atoms with E-state index in [0.717, 1.165) is 25.7 Å². The van der Waals surface area contributed by atoms with Gasteiger partial charge < -0.3 is 20.3 Å². The first-order chi connectivity index (χ1) is 9.60. The highest BCUT2D eigenvalue weighted by Gasteiger charge is 2.16. The summed E-state index contributed by atoms with van der Waals surface area (Å²) in [6.45, 7) is 5.10. The van der Waals surface area contributed by atoms with E-state index in [1.54, 1.807) is 0 Å². The minimum absolute atomic E-state index is 0.0850. The number of carbonyl (C=O) groups is 1. The fourth-order valence-corrected chi connectivity index (χ4v) is 1.64.